The van der Waals surface area contributed by atoms with Gasteiger partial charge < -0.3 is 14.2 Å². The summed E-state index contributed by atoms with van der Waals surface area (Å²) in [6.07, 6.45) is -3.08. The highest BCUT2D eigenvalue weighted by atomic mass is 17.3. The lowest BCUT2D eigenvalue weighted by molar-refractivity contribution is -0.310. The van der Waals surface area contributed by atoms with E-state index >= 15 is 0 Å². The molecule has 10 heteroatoms. The first kappa shape index (κ1) is 20.1. The molecule has 0 atom stereocenters. The van der Waals surface area contributed by atoms with Crippen LogP contribution in [0.2, 0.25) is 0 Å². The topological polar surface area (TPSA) is 116 Å². The maximum absolute atomic E-state index is 10.3. The van der Waals surface area contributed by atoms with E-state index in [1.807, 2.05) is 0 Å². The number of rotatable bonds is 1. The van der Waals surface area contributed by atoms with E-state index in [9.17, 15) is 14.4 Å². The van der Waals surface area contributed by atoms with E-state index < -0.39 is 24.1 Å². The summed E-state index contributed by atoms with van der Waals surface area (Å²) in [5.74, 6) is 0. The first-order valence-electron chi connectivity index (χ1n) is 5.10. The summed E-state index contributed by atoms with van der Waals surface area (Å²) in [7, 11) is 3.36. The molecule has 0 N–H and O–H groups in total. The second-order valence-electron chi connectivity index (χ2n) is 3.81. The molecular formula is C10H18O10. The highest BCUT2D eigenvalue weighted by Crippen LogP contribution is 2.07. The Hall–Kier alpha value is -2.23. The van der Waals surface area contributed by atoms with Crippen LogP contribution in [0.15, 0.2) is 0 Å². The monoisotopic (exact) mass is 298 g/mol. The van der Waals surface area contributed by atoms with Crippen LogP contribution in [0.3, 0.4) is 0 Å². The summed E-state index contributed by atoms with van der Waals surface area (Å²) in [5, 5.41) is 0. The molecule has 0 aromatic carbocycles. The van der Waals surface area contributed by atoms with Gasteiger partial charge in [0.2, 0.25) is 0 Å². The van der Waals surface area contributed by atoms with Gasteiger partial charge >= 0.3 is 18.5 Å². The third-order valence-corrected chi connectivity index (χ3v) is 1.04. The van der Waals surface area contributed by atoms with Crippen molar-refractivity contribution in [3.8, 4) is 0 Å². The summed E-state index contributed by atoms with van der Waals surface area (Å²) in [5.41, 5.74) is -0.492. The average molecular weight is 298 g/mol. The molecule has 0 rings (SSSR count). The summed E-state index contributed by atoms with van der Waals surface area (Å²) < 4.78 is 12.1. The van der Waals surface area contributed by atoms with Crippen LogP contribution in [0.5, 0.6) is 0 Å². The van der Waals surface area contributed by atoms with Crippen molar-refractivity contribution < 1.29 is 48.1 Å². The Morgan fingerprint density at radius 2 is 0.950 bits per heavy atom. The van der Waals surface area contributed by atoms with Gasteiger partial charge in [0.25, 0.3) is 0 Å². The third-order valence-electron chi connectivity index (χ3n) is 1.04. The smallest absolute Gasteiger partial charge is 0.436 e. The Kier molecular flexibility index (Phi) is 10.7. The van der Waals surface area contributed by atoms with Crippen LogP contribution in [0.25, 0.3) is 0 Å². The van der Waals surface area contributed by atoms with Gasteiger partial charge in [-0.1, -0.05) is 0 Å². The van der Waals surface area contributed by atoms with Crippen LogP contribution >= 0.6 is 0 Å². The average Bonchev–Trinajstić information content (AvgIpc) is 2.41. The van der Waals surface area contributed by atoms with Crippen molar-refractivity contribution in [2.75, 3.05) is 21.3 Å². The minimum absolute atomic E-state index is 0.492. The molecule has 0 unspecified atom stereocenters. The van der Waals surface area contributed by atoms with E-state index in [1.165, 1.54) is 7.11 Å². The van der Waals surface area contributed by atoms with Crippen molar-refractivity contribution in [2.45, 2.75) is 26.4 Å². The Morgan fingerprint density at radius 3 is 1.20 bits per heavy atom. The Morgan fingerprint density at radius 1 is 0.650 bits per heavy atom. The normalized spacial score (nSPS) is 9.30. The first-order valence-corrected chi connectivity index (χ1v) is 5.10. The quantitative estimate of drug-likeness (QED) is 0.308. The van der Waals surface area contributed by atoms with E-state index in [-0.39, 0.29) is 0 Å². The number of hydrogen-bond donors (Lipinski definition) is 0. The lowest BCUT2D eigenvalue weighted by Gasteiger charge is -2.15. The zero-order chi connectivity index (χ0) is 16.2. The molecule has 0 aromatic rings. The number of ether oxygens (including phenoxy) is 3. The summed E-state index contributed by atoms with van der Waals surface area (Å²) >= 11 is 0. The molecule has 0 amide bonds. The lowest BCUT2D eigenvalue weighted by atomic mass is 10.2. The Bertz CT molecular complexity index is 290. The zero-order valence-electron chi connectivity index (χ0n) is 12.1. The molecule has 0 heterocycles. The number of hydrogen-bond acceptors (Lipinski definition) is 10. The van der Waals surface area contributed by atoms with Crippen molar-refractivity contribution >= 4 is 18.5 Å². The molecule has 0 aliphatic heterocycles. The maximum Gasteiger partial charge on any atom is 0.549 e. The molecule has 0 spiro atoms. The van der Waals surface area contributed by atoms with Crippen LogP contribution < -0.4 is 0 Å². The predicted octanol–water partition coefficient (Wildman–Crippen LogP) is 1.97. The Balaban J connectivity index is 0. The van der Waals surface area contributed by atoms with Crippen LogP contribution in [0.4, 0.5) is 14.4 Å². The lowest BCUT2D eigenvalue weighted by Crippen LogP contribution is -2.21. The van der Waals surface area contributed by atoms with Gasteiger partial charge in [-0.15, -0.1) is 0 Å². The SMILES string of the molecule is COC(=O)OOC(=O)OC.COC(=O)OOC(C)(C)C. The molecule has 0 aromatic heterocycles. The van der Waals surface area contributed by atoms with E-state index in [1.54, 1.807) is 20.8 Å². The van der Waals surface area contributed by atoms with Crippen molar-refractivity contribution in [3.63, 3.8) is 0 Å². The molecule has 0 radical (unpaired) electrons. The predicted molar refractivity (Wildman–Crippen MR) is 61.3 cm³/mol. The zero-order valence-corrected chi connectivity index (χ0v) is 12.1. The van der Waals surface area contributed by atoms with E-state index in [0.717, 1.165) is 14.2 Å². The van der Waals surface area contributed by atoms with E-state index in [4.69, 9.17) is 0 Å². The second-order valence-corrected chi connectivity index (χ2v) is 3.81. The molecule has 0 fully saturated rings. The van der Waals surface area contributed by atoms with Crippen LogP contribution in [-0.4, -0.2) is 45.4 Å². The molecule has 0 saturated heterocycles. The van der Waals surface area contributed by atoms with Gasteiger partial charge in [0, 0.05) is 0 Å². The molecular weight excluding hydrogens is 280 g/mol. The largest absolute Gasteiger partial charge is 0.549 e. The number of methoxy groups -OCH3 is 3. The minimum Gasteiger partial charge on any atom is -0.436 e. The highest BCUT2D eigenvalue weighted by Gasteiger charge is 2.14. The number of carbonyl (C=O) groups excluding carboxylic acids is 3. The molecule has 118 valence electrons. The fourth-order valence-electron chi connectivity index (χ4n) is 0.329. The molecule has 0 aliphatic carbocycles. The highest BCUT2D eigenvalue weighted by molar-refractivity contribution is 5.63. The second kappa shape index (κ2) is 10.7. The standard InChI is InChI=1S/C6H12O4.C4H6O6/c1-6(2,3)10-9-5(7)8-4;1-7-3(5)9-10-4(6)8-2/h1-4H3;1-2H3. The summed E-state index contributed by atoms with van der Waals surface area (Å²) in [6.45, 7) is 5.28. The van der Waals surface area contributed by atoms with Crippen molar-refractivity contribution in [2.24, 2.45) is 0 Å². The van der Waals surface area contributed by atoms with Gasteiger partial charge in [-0.3, -0.25) is 4.89 Å². The third kappa shape index (κ3) is 15.8. The fraction of sp³-hybridized carbons (Fsp3) is 0.700. The Labute approximate surface area is 115 Å². The van der Waals surface area contributed by atoms with Gasteiger partial charge in [-0.2, -0.15) is 24.3 Å². The fourth-order valence-corrected chi connectivity index (χ4v) is 0.329. The molecule has 20 heavy (non-hydrogen) atoms. The van der Waals surface area contributed by atoms with E-state index in [2.05, 4.69) is 33.8 Å². The van der Waals surface area contributed by atoms with Crippen LogP contribution in [0, 0.1) is 0 Å². The number of carbonyl (C=O) groups is 3. The van der Waals surface area contributed by atoms with Gasteiger partial charge in [-0.25, -0.2) is 4.79 Å². The van der Waals surface area contributed by atoms with Gasteiger partial charge in [0.05, 0.1) is 21.3 Å². The molecule has 10 nitrogen and oxygen atoms in total. The maximum atomic E-state index is 10.3. The van der Waals surface area contributed by atoms with Gasteiger partial charge in [0.15, 0.2) is 0 Å². The van der Waals surface area contributed by atoms with Crippen LogP contribution in [0.1, 0.15) is 20.8 Å². The van der Waals surface area contributed by atoms with Crippen molar-refractivity contribution in [1.82, 2.24) is 0 Å². The van der Waals surface area contributed by atoms with E-state index in [0.29, 0.717) is 0 Å². The first-order chi connectivity index (χ1) is 9.16. The van der Waals surface area contributed by atoms with Crippen LogP contribution in [-0.2, 0) is 33.8 Å². The summed E-state index contributed by atoms with van der Waals surface area (Å²) in [4.78, 5) is 46.6. The molecule has 0 bridgehead atoms. The minimum atomic E-state index is -1.12. The van der Waals surface area contributed by atoms with Crippen molar-refractivity contribution in [3.05, 3.63) is 0 Å². The summed E-state index contributed by atoms with van der Waals surface area (Å²) in [6, 6.07) is 0. The van der Waals surface area contributed by atoms with Gasteiger partial charge in [-0.05, 0) is 20.8 Å². The molecule has 0 aliphatic rings. The molecule has 0 saturated carbocycles. The van der Waals surface area contributed by atoms with Crippen molar-refractivity contribution in [1.29, 1.82) is 0 Å². The van der Waals surface area contributed by atoms with Gasteiger partial charge in [0.1, 0.15) is 5.60 Å².